The van der Waals surface area contributed by atoms with E-state index in [1.54, 1.807) is 0 Å². The molecule has 19 heavy (non-hydrogen) atoms. The Morgan fingerprint density at radius 3 is 1.79 bits per heavy atom. The van der Waals surface area contributed by atoms with E-state index in [1.807, 2.05) is 0 Å². The van der Waals surface area contributed by atoms with Gasteiger partial charge in [-0.05, 0) is 19.3 Å². The topological polar surface area (TPSA) is 93.1 Å². The summed E-state index contributed by atoms with van der Waals surface area (Å²) in [5, 5.41) is 18.1. The average Bonchev–Trinajstić information content (AvgIpc) is 2.35. The first-order valence-corrected chi connectivity index (χ1v) is 5.88. The first-order valence-electron chi connectivity index (χ1n) is 5.88. The molecule has 0 saturated heterocycles. The van der Waals surface area contributed by atoms with Crippen LogP contribution < -0.4 is 0 Å². The van der Waals surface area contributed by atoms with E-state index in [-0.39, 0.29) is 38.9 Å². The van der Waals surface area contributed by atoms with Crippen LogP contribution in [0, 0.1) is 5.41 Å². The van der Waals surface area contributed by atoms with E-state index >= 15 is 0 Å². The van der Waals surface area contributed by atoms with Crippen LogP contribution in [-0.2, 0) is 19.1 Å². The Kier molecular flexibility index (Phi) is 8.08. The van der Waals surface area contributed by atoms with E-state index in [0.717, 1.165) is 0 Å². The summed E-state index contributed by atoms with van der Waals surface area (Å²) in [5.74, 6) is -2.08. The number of hydrogen-bond acceptors (Lipinski definition) is 4. The van der Waals surface area contributed by atoms with Gasteiger partial charge >= 0.3 is 11.9 Å². The molecule has 0 unspecified atom stereocenters. The summed E-state index contributed by atoms with van der Waals surface area (Å²) in [6.07, 6.45) is 2.66. The third-order valence-corrected chi connectivity index (χ3v) is 2.90. The SMILES string of the molecule is C=COCCC(CCOC=C)(CCC(=O)O)C(=O)O. The Morgan fingerprint density at radius 2 is 1.47 bits per heavy atom. The Morgan fingerprint density at radius 1 is 1.00 bits per heavy atom. The molecule has 0 aromatic rings. The normalized spacial score (nSPS) is 10.5. The Hall–Kier alpha value is -1.98. The third-order valence-electron chi connectivity index (χ3n) is 2.90. The van der Waals surface area contributed by atoms with Gasteiger partial charge in [0.15, 0.2) is 0 Å². The zero-order valence-corrected chi connectivity index (χ0v) is 10.8. The van der Waals surface area contributed by atoms with Crippen molar-refractivity contribution < 1.29 is 29.3 Å². The number of rotatable bonds is 12. The van der Waals surface area contributed by atoms with E-state index < -0.39 is 17.4 Å². The first-order chi connectivity index (χ1) is 8.98. The molecule has 0 aromatic heterocycles. The van der Waals surface area contributed by atoms with Crippen LogP contribution in [0.15, 0.2) is 25.7 Å². The van der Waals surface area contributed by atoms with Crippen molar-refractivity contribution in [2.24, 2.45) is 5.41 Å². The van der Waals surface area contributed by atoms with Crippen LogP contribution in [0.3, 0.4) is 0 Å². The molecule has 0 heterocycles. The second-order valence-corrected chi connectivity index (χ2v) is 4.05. The molecule has 0 spiro atoms. The molecule has 0 bridgehead atoms. The predicted molar refractivity (Wildman–Crippen MR) is 68.5 cm³/mol. The fourth-order valence-electron chi connectivity index (χ4n) is 1.72. The molecule has 6 nitrogen and oxygen atoms in total. The van der Waals surface area contributed by atoms with Gasteiger partial charge in [-0.3, -0.25) is 9.59 Å². The lowest BCUT2D eigenvalue weighted by atomic mass is 9.77. The highest BCUT2D eigenvalue weighted by atomic mass is 16.5. The van der Waals surface area contributed by atoms with Crippen LogP contribution in [0.2, 0.25) is 0 Å². The van der Waals surface area contributed by atoms with E-state index in [9.17, 15) is 14.7 Å². The van der Waals surface area contributed by atoms with Gasteiger partial charge in [-0.25, -0.2) is 0 Å². The van der Waals surface area contributed by atoms with Gasteiger partial charge in [0.05, 0.1) is 31.2 Å². The molecule has 0 aromatic carbocycles. The fraction of sp³-hybridized carbons (Fsp3) is 0.538. The second kappa shape index (κ2) is 9.02. The van der Waals surface area contributed by atoms with Crippen LogP contribution in [0.4, 0.5) is 0 Å². The average molecular weight is 272 g/mol. The van der Waals surface area contributed by atoms with Crippen molar-refractivity contribution in [3.05, 3.63) is 25.7 Å². The zero-order valence-electron chi connectivity index (χ0n) is 10.8. The van der Waals surface area contributed by atoms with E-state index in [4.69, 9.17) is 14.6 Å². The molecule has 0 amide bonds. The Labute approximate surface area is 112 Å². The van der Waals surface area contributed by atoms with Crippen molar-refractivity contribution in [1.82, 2.24) is 0 Å². The smallest absolute Gasteiger partial charge is 0.309 e. The first kappa shape index (κ1) is 17.0. The molecule has 0 atom stereocenters. The van der Waals surface area contributed by atoms with Crippen molar-refractivity contribution in [3.8, 4) is 0 Å². The number of ether oxygens (including phenoxy) is 2. The molecule has 0 saturated carbocycles. The summed E-state index contributed by atoms with van der Waals surface area (Å²) in [7, 11) is 0. The van der Waals surface area contributed by atoms with Gasteiger partial charge < -0.3 is 19.7 Å². The van der Waals surface area contributed by atoms with E-state index in [2.05, 4.69) is 13.2 Å². The number of carboxylic acid groups (broad SMARTS) is 2. The third kappa shape index (κ3) is 6.49. The minimum absolute atomic E-state index is 0.0265. The van der Waals surface area contributed by atoms with Crippen molar-refractivity contribution in [2.75, 3.05) is 13.2 Å². The summed E-state index contributed by atoms with van der Waals surface area (Å²) in [6.45, 7) is 7.09. The Bertz CT molecular complexity index is 309. The highest BCUT2D eigenvalue weighted by Crippen LogP contribution is 2.33. The molecule has 2 N–H and O–H groups in total. The maximum absolute atomic E-state index is 11.5. The molecular weight excluding hydrogens is 252 g/mol. The minimum Gasteiger partial charge on any atom is -0.502 e. The lowest BCUT2D eigenvalue weighted by Crippen LogP contribution is -2.34. The molecule has 0 aliphatic rings. The molecule has 0 rings (SSSR count). The molecular formula is C13H20O6. The van der Waals surface area contributed by atoms with E-state index in [1.165, 1.54) is 12.5 Å². The van der Waals surface area contributed by atoms with Gasteiger partial charge in [-0.1, -0.05) is 13.2 Å². The van der Waals surface area contributed by atoms with Crippen molar-refractivity contribution in [2.45, 2.75) is 25.7 Å². The predicted octanol–water partition coefficient (Wildman–Crippen LogP) is 2.02. The van der Waals surface area contributed by atoms with Gasteiger partial charge in [0, 0.05) is 6.42 Å². The van der Waals surface area contributed by atoms with Gasteiger partial charge in [0.1, 0.15) is 0 Å². The zero-order chi connectivity index (χ0) is 14.7. The Balaban J connectivity index is 4.75. The van der Waals surface area contributed by atoms with Crippen LogP contribution in [0.1, 0.15) is 25.7 Å². The minimum atomic E-state index is -1.18. The quantitative estimate of drug-likeness (QED) is 0.417. The maximum Gasteiger partial charge on any atom is 0.309 e. The number of aliphatic carboxylic acids is 2. The highest BCUT2D eigenvalue weighted by Gasteiger charge is 2.38. The van der Waals surface area contributed by atoms with Crippen LogP contribution in [0.5, 0.6) is 0 Å². The molecule has 0 aliphatic heterocycles. The number of hydrogen-bond donors (Lipinski definition) is 2. The van der Waals surface area contributed by atoms with Gasteiger partial charge in [0.25, 0.3) is 0 Å². The highest BCUT2D eigenvalue weighted by molar-refractivity contribution is 5.76. The molecule has 0 fully saturated rings. The monoisotopic (exact) mass is 272 g/mol. The van der Waals surface area contributed by atoms with Gasteiger partial charge in [-0.15, -0.1) is 0 Å². The summed E-state index contributed by atoms with van der Waals surface area (Å²) in [6, 6.07) is 0. The second-order valence-electron chi connectivity index (χ2n) is 4.05. The standard InChI is InChI=1S/C13H20O6/c1-3-18-9-7-13(12(16)17,6-5-11(14)15)8-10-19-4-2/h3-4H,1-2,5-10H2,(H,14,15)(H,16,17). The largest absolute Gasteiger partial charge is 0.502 e. The summed E-state index contributed by atoms with van der Waals surface area (Å²) >= 11 is 0. The van der Waals surface area contributed by atoms with Crippen LogP contribution >= 0.6 is 0 Å². The summed E-state index contributed by atoms with van der Waals surface area (Å²) in [4.78, 5) is 22.1. The lowest BCUT2D eigenvalue weighted by Gasteiger charge is -2.28. The van der Waals surface area contributed by atoms with Gasteiger partial charge in [-0.2, -0.15) is 0 Å². The van der Waals surface area contributed by atoms with Gasteiger partial charge in [0.2, 0.25) is 0 Å². The lowest BCUT2D eigenvalue weighted by molar-refractivity contribution is -0.152. The van der Waals surface area contributed by atoms with Crippen molar-refractivity contribution >= 4 is 11.9 Å². The van der Waals surface area contributed by atoms with Crippen LogP contribution in [-0.4, -0.2) is 35.4 Å². The number of carboxylic acids is 2. The molecule has 6 heteroatoms. The summed E-state index contributed by atoms with van der Waals surface area (Å²) in [5.41, 5.74) is -1.18. The maximum atomic E-state index is 11.5. The molecule has 108 valence electrons. The van der Waals surface area contributed by atoms with Crippen molar-refractivity contribution in [1.29, 1.82) is 0 Å². The molecule has 0 radical (unpaired) electrons. The van der Waals surface area contributed by atoms with Crippen molar-refractivity contribution in [3.63, 3.8) is 0 Å². The number of carbonyl (C=O) groups is 2. The van der Waals surface area contributed by atoms with Crippen LogP contribution in [0.25, 0.3) is 0 Å². The fourth-order valence-corrected chi connectivity index (χ4v) is 1.72. The van der Waals surface area contributed by atoms with E-state index in [0.29, 0.717) is 0 Å². The summed E-state index contributed by atoms with van der Waals surface area (Å²) < 4.78 is 9.89. The molecule has 0 aliphatic carbocycles.